The smallest absolute Gasteiger partial charge is 0.180 e. The van der Waals surface area contributed by atoms with Crippen molar-refractivity contribution < 1.29 is 4.79 Å². The van der Waals surface area contributed by atoms with Crippen molar-refractivity contribution in [3.05, 3.63) is 28.4 Å². The van der Waals surface area contributed by atoms with E-state index >= 15 is 0 Å². The highest BCUT2D eigenvalue weighted by Gasteiger charge is 2.09. The number of aromatic amines is 1. The van der Waals surface area contributed by atoms with Gasteiger partial charge in [-0.2, -0.15) is 5.10 Å². The van der Waals surface area contributed by atoms with Gasteiger partial charge in [0, 0.05) is 16.8 Å². The van der Waals surface area contributed by atoms with Gasteiger partial charge in [0.1, 0.15) is 5.69 Å². The number of carbonyl (C=O) groups excluding carboxylic acids is 1. The van der Waals surface area contributed by atoms with Crippen molar-refractivity contribution in [2.45, 2.75) is 6.92 Å². The monoisotopic (exact) mass is 238 g/mol. The molecule has 1 N–H and O–H groups in total. The lowest BCUT2D eigenvalue weighted by molar-refractivity contribution is 0.101. The van der Waals surface area contributed by atoms with Gasteiger partial charge in [0.05, 0.1) is 5.52 Å². The number of Topliss-reactive ketones (excluding diaryl/α,β-unsaturated/α-hetero) is 1. The number of nitrogens with zero attached hydrogens (tertiary/aromatic N) is 1. The van der Waals surface area contributed by atoms with Crippen LogP contribution < -0.4 is 0 Å². The number of aromatic nitrogens is 2. The maximum Gasteiger partial charge on any atom is 0.180 e. The van der Waals surface area contributed by atoms with Crippen molar-refractivity contribution in [3.8, 4) is 0 Å². The van der Waals surface area contributed by atoms with E-state index < -0.39 is 0 Å². The van der Waals surface area contributed by atoms with Crippen molar-refractivity contribution >= 4 is 32.6 Å². The number of halogens is 1. The van der Waals surface area contributed by atoms with Crippen LogP contribution in [0.4, 0.5) is 0 Å². The molecule has 0 radical (unpaired) electrons. The molecule has 0 amide bonds. The van der Waals surface area contributed by atoms with Crippen LogP contribution in [0.2, 0.25) is 0 Å². The van der Waals surface area contributed by atoms with E-state index in [1.54, 1.807) is 0 Å². The summed E-state index contributed by atoms with van der Waals surface area (Å²) in [5.41, 5.74) is 1.38. The van der Waals surface area contributed by atoms with Crippen LogP contribution in [0.5, 0.6) is 0 Å². The Balaban J connectivity index is 2.79. The van der Waals surface area contributed by atoms with Gasteiger partial charge in [0.2, 0.25) is 0 Å². The Morgan fingerprint density at radius 3 is 3.00 bits per heavy atom. The summed E-state index contributed by atoms with van der Waals surface area (Å²) >= 11 is 3.35. The molecule has 66 valence electrons. The van der Waals surface area contributed by atoms with E-state index in [0.29, 0.717) is 5.69 Å². The van der Waals surface area contributed by atoms with E-state index in [0.717, 1.165) is 15.4 Å². The van der Waals surface area contributed by atoms with Crippen LogP contribution in [-0.2, 0) is 0 Å². The third-order valence-electron chi connectivity index (χ3n) is 1.86. The molecule has 1 heterocycles. The van der Waals surface area contributed by atoms with Gasteiger partial charge in [-0.1, -0.05) is 15.9 Å². The quantitative estimate of drug-likeness (QED) is 0.777. The van der Waals surface area contributed by atoms with Crippen LogP contribution in [0.3, 0.4) is 0 Å². The minimum atomic E-state index is -0.0237. The van der Waals surface area contributed by atoms with Gasteiger partial charge in [-0.05, 0) is 18.2 Å². The summed E-state index contributed by atoms with van der Waals surface area (Å²) in [6.07, 6.45) is 0. The van der Waals surface area contributed by atoms with E-state index in [1.807, 2.05) is 18.2 Å². The molecule has 0 spiro atoms. The lowest BCUT2D eigenvalue weighted by Gasteiger charge is -1.91. The van der Waals surface area contributed by atoms with Crippen LogP contribution in [0.1, 0.15) is 17.4 Å². The van der Waals surface area contributed by atoms with E-state index in [4.69, 9.17) is 0 Å². The maximum atomic E-state index is 11.1. The summed E-state index contributed by atoms with van der Waals surface area (Å²) in [6.45, 7) is 1.51. The molecule has 0 aliphatic rings. The first-order chi connectivity index (χ1) is 6.18. The summed E-state index contributed by atoms with van der Waals surface area (Å²) in [5, 5.41) is 7.61. The number of H-pyrrole nitrogens is 1. The van der Waals surface area contributed by atoms with Crippen LogP contribution in [-0.4, -0.2) is 16.0 Å². The molecule has 0 fully saturated rings. The van der Waals surface area contributed by atoms with E-state index in [1.165, 1.54) is 6.92 Å². The molecule has 0 saturated heterocycles. The second-order valence-corrected chi connectivity index (χ2v) is 3.73. The molecule has 2 rings (SSSR count). The molecule has 2 aromatic rings. The molecule has 1 aromatic heterocycles. The first-order valence-corrected chi connectivity index (χ1v) is 4.62. The third kappa shape index (κ3) is 1.37. The van der Waals surface area contributed by atoms with Crippen LogP contribution in [0, 0.1) is 0 Å². The fourth-order valence-corrected chi connectivity index (χ4v) is 1.62. The van der Waals surface area contributed by atoms with Crippen molar-refractivity contribution in [1.29, 1.82) is 0 Å². The maximum absolute atomic E-state index is 11.1. The Labute approximate surface area is 83.3 Å². The molecule has 13 heavy (non-hydrogen) atoms. The van der Waals surface area contributed by atoms with Crippen molar-refractivity contribution in [2.24, 2.45) is 0 Å². The second-order valence-electron chi connectivity index (χ2n) is 2.82. The third-order valence-corrected chi connectivity index (χ3v) is 2.35. The Morgan fingerprint density at radius 2 is 2.31 bits per heavy atom. The molecule has 0 bridgehead atoms. The summed E-state index contributed by atoms with van der Waals surface area (Å²) in [6, 6.07) is 5.68. The zero-order valence-corrected chi connectivity index (χ0v) is 8.55. The molecule has 0 saturated carbocycles. The first kappa shape index (κ1) is 8.44. The van der Waals surface area contributed by atoms with Gasteiger partial charge in [-0.3, -0.25) is 9.89 Å². The number of rotatable bonds is 1. The first-order valence-electron chi connectivity index (χ1n) is 3.83. The Hall–Kier alpha value is -1.16. The number of nitrogens with one attached hydrogen (secondary N) is 1. The van der Waals surface area contributed by atoms with Gasteiger partial charge in [0.25, 0.3) is 0 Å². The van der Waals surface area contributed by atoms with Gasteiger partial charge in [-0.15, -0.1) is 0 Å². The summed E-state index contributed by atoms with van der Waals surface area (Å²) in [5.74, 6) is -0.0237. The average molecular weight is 239 g/mol. The minimum absolute atomic E-state index is 0.0237. The topological polar surface area (TPSA) is 45.8 Å². The van der Waals surface area contributed by atoms with Crippen molar-refractivity contribution in [1.82, 2.24) is 10.2 Å². The normalized spacial score (nSPS) is 10.6. The fourth-order valence-electron chi connectivity index (χ4n) is 1.25. The van der Waals surface area contributed by atoms with Gasteiger partial charge in [0.15, 0.2) is 5.78 Å². The summed E-state index contributed by atoms with van der Waals surface area (Å²) < 4.78 is 0.948. The SMILES string of the molecule is CC(=O)c1n[nH]c2ccc(Br)cc12. The standard InChI is InChI=1S/C9H7BrN2O/c1-5(13)9-7-4-6(10)2-3-8(7)11-12-9/h2-4H,1H3,(H,11,12). The van der Waals surface area contributed by atoms with Gasteiger partial charge in [-0.25, -0.2) is 0 Å². The van der Waals surface area contributed by atoms with E-state index in [9.17, 15) is 4.79 Å². The largest absolute Gasteiger partial charge is 0.293 e. The van der Waals surface area contributed by atoms with E-state index in [-0.39, 0.29) is 5.78 Å². The lowest BCUT2D eigenvalue weighted by Crippen LogP contribution is -1.92. The number of fused-ring (bicyclic) bond motifs is 1. The molecule has 3 nitrogen and oxygen atoms in total. The van der Waals surface area contributed by atoms with Crippen LogP contribution >= 0.6 is 15.9 Å². The van der Waals surface area contributed by atoms with Gasteiger partial charge < -0.3 is 0 Å². The molecule has 0 aliphatic heterocycles. The highest BCUT2D eigenvalue weighted by molar-refractivity contribution is 9.10. The number of hydrogen-bond donors (Lipinski definition) is 1. The Morgan fingerprint density at radius 1 is 1.54 bits per heavy atom. The lowest BCUT2D eigenvalue weighted by atomic mass is 10.2. The predicted molar refractivity (Wildman–Crippen MR) is 53.8 cm³/mol. The minimum Gasteiger partial charge on any atom is -0.293 e. The second kappa shape index (κ2) is 2.96. The number of ketones is 1. The van der Waals surface area contributed by atoms with Crippen LogP contribution in [0.15, 0.2) is 22.7 Å². The molecule has 0 unspecified atom stereocenters. The molecular formula is C9H7BrN2O. The Bertz CT molecular complexity index is 475. The molecule has 1 aromatic carbocycles. The molecule has 0 aliphatic carbocycles. The van der Waals surface area contributed by atoms with Crippen molar-refractivity contribution in [3.63, 3.8) is 0 Å². The predicted octanol–water partition coefficient (Wildman–Crippen LogP) is 2.53. The van der Waals surface area contributed by atoms with Crippen molar-refractivity contribution in [2.75, 3.05) is 0 Å². The van der Waals surface area contributed by atoms with Crippen LogP contribution in [0.25, 0.3) is 10.9 Å². The fraction of sp³-hybridized carbons (Fsp3) is 0.111. The zero-order valence-electron chi connectivity index (χ0n) is 6.97. The average Bonchev–Trinajstić information content (AvgIpc) is 2.46. The van der Waals surface area contributed by atoms with E-state index in [2.05, 4.69) is 26.1 Å². The van der Waals surface area contributed by atoms with Gasteiger partial charge >= 0.3 is 0 Å². The number of hydrogen-bond acceptors (Lipinski definition) is 2. The summed E-state index contributed by atoms with van der Waals surface area (Å²) in [7, 11) is 0. The summed E-state index contributed by atoms with van der Waals surface area (Å²) in [4.78, 5) is 11.1. The zero-order chi connectivity index (χ0) is 9.42. The molecule has 4 heteroatoms. The Kier molecular flexibility index (Phi) is 1.92. The highest BCUT2D eigenvalue weighted by Crippen LogP contribution is 2.20. The number of carbonyl (C=O) groups is 1. The number of benzene rings is 1. The molecular weight excluding hydrogens is 232 g/mol. The highest BCUT2D eigenvalue weighted by atomic mass is 79.9. The molecule has 0 atom stereocenters.